The van der Waals surface area contributed by atoms with Crippen molar-refractivity contribution in [3.63, 3.8) is 0 Å². The van der Waals surface area contributed by atoms with E-state index in [-0.39, 0.29) is 18.7 Å². The Morgan fingerprint density at radius 3 is 1.82 bits per heavy atom. The Balaban J connectivity index is 1.80. The van der Waals surface area contributed by atoms with Crippen LogP contribution in [0.5, 0.6) is 0 Å². The fourth-order valence-electron chi connectivity index (χ4n) is 8.35. The zero-order valence-corrected chi connectivity index (χ0v) is 45.9. The number of carbonyl (C=O) groups is 2. The number of nitrogen functional groups attached to an aromatic ring is 1. The van der Waals surface area contributed by atoms with Crippen molar-refractivity contribution in [3.05, 3.63) is 34.9 Å². The fraction of sp³-hybridized carbons (Fsp3) is 0.843. The van der Waals surface area contributed by atoms with Gasteiger partial charge in [0, 0.05) is 19.0 Å². The number of anilines is 1. The molecular formula is C51H93N3O17P2. The van der Waals surface area contributed by atoms with E-state index in [4.69, 9.17) is 29.0 Å². The van der Waals surface area contributed by atoms with Crippen molar-refractivity contribution in [1.82, 2.24) is 9.55 Å². The largest absolute Gasteiger partial charge is 0.481 e. The lowest BCUT2D eigenvalue weighted by Crippen LogP contribution is -2.36. The Morgan fingerprint density at radius 1 is 0.726 bits per heavy atom. The fourth-order valence-corrected chi connectivity index (χ4v) is 10.5. The number of aliphatic hydroxyl groups excluding tert-OH is 4. The third-order valence-corrected chi connectivity index (χ3v) is 15.3. The number of aliphatic hydroxyl groups is 4. The van der Waals surface area contributed by atoms with Crippen molar-refractivity contribution in [2.24, 2.45) is 5.92 Å². The molecule has 0 aromatic carbocycles. The number of phosphoric ester groups is 2. The van der Waals surface area contributed by atoms with Crippen molar-refractivity contribution >= 4 is 33.4 Å². The van der Waals surface area contributed by atoms with Gasteiger partial charge < -0.3 is 50.2 Å². The molecule has 1 aliphatic heterocycles. The Hall–Kier alpha value is -2.58. The van der Waals surface area contributed by atoms with Crippen LogP contribution >= 0.6 is 15.6 Å². The van der Waals surface area contributed by atoms with Gasteiger partial charge in [-0.2, -0.15) is 9.29 Å². The maximum absolute atomic E-state index is 12.9. The standard InChI is InChI=1S/C51H93N3O17P2/c1-4-5-6-7-21-26-31-42(55)43(56)32-27-22-19-24-29-34-47(58)69-41(37-66-46(57)33-28-23-18-16-14-12-10-8-9-11-13-15-17-20-25-30-40(2)3)38-67-72(62,63)71-73(64,65)68-39-44-48(59)49(60)50(70-44)54-36-35-45(52)53-51(54)61/h21,26,35-36,40-44,48-50,55-56,59-60H,4-20,22-25,27-34,37-39H2,1-3H3,(H,62,63)(H,64,65)(H2,52,53,61)/b26-21-/t41-,42+,43+,44-,48-,49-,50-/m1/s1. The van der Waals surface area contributed by atoms with E-state index in [1.807, 2.05) is 12.2 Å². The molecule has 0 aliphatic carbocycles. The lowest BCUT2D eigenvalue weighted by Gasteiger charge is -2.21. The highest BCUT2D eigenvalue weighted by Gasteiger charge is 2.46. The number of unbranched alkanes of at least 4 members (excludes halogenated alkanes) is 21. The SMILES string of the molecule is CCCCC/C=C\C[C@H](O)[C@@H](O)CCCCCCCC(=O)O[C@H](COC(=O)CCCCCCCCCCCCCCCCCC(C)C)COP(=O)(O)OP(=O)(O)OC[C@H]1O[C@@H](n2ccc(N)nc2=O)[C@H](O)[C@@H]1O. The normalized spacial score (nSPS) is 20.0. The highest BCUT2D eigenvalue weighted by Crippen LogP contribution is 2.60. The second-order valence-corrected chi connectivity index (χ2v) is 22.9. The predicted molar refractivity (Wildman–Crippen MR) is 278 cm³/mol. The number of ether oxygens (including phenoxy) is 3. The summed E-state index contributed by atoms with van der Waals surface area (Å²) in [5.74, 6) is -0.608. The second-order valence-electron chi connectivity index (χ2n) is 19.9. The van der Waals surface area contributed by atoms with E-state index in [1.165, 1.54) is 76.7 Å². The summed E-state index contributed by atoms with van der Waals surface area (Å²) in [5, 5.41) is 41.5. The minimum atomic E-state index is -5.46. The van der Waals surface area contributed by atoms with E-state index in [0.29, 0.717) is 38.5 Å². The molecule has 9 atom stereocenters. The van der Waals surface area contributed by atoms with Gasteiger partial charge in [0.05, 0.1) is 25.4 Å². The summed E-state index contributed by atoms with van der Waals surface area (Å²) in [6.45, 7) is 4.30. The van der Waals surface area contributed by atoms with Gasteiger partial charge in [0.25, 0.3) is 0 Å². The maximum Gasteiger partial charge on any atom is 0.481 e. The van der Waals surface area contributed by atoms with Crippen molar-refractivity contribution in [2.75, 3.05) is 25.6 Å². The van der Waals surface area contributed by atoms with Crippen LogP contribution in [-0.4, -0.2) is 108 Å². The lowest BCUT2D eigenvalue weighted by molar-refractivity contribution is -0.161. The zero-order chi connectivity index (χ0) is 53.9. The average molecular weight is 1080 g/mol. The van der Waals surface area contributed by atoms with Gasteiger partial charge in [-0.15, -0.1) is 0 Å². The number of hydrogen-bond acceptors (Lipinski definition) is 17. The Labute approximate surface area is 434 Å². The molecule has 1 aromatic rings. The van der Waals surface area contributed by atoms with Gasteiger partial charge in [-0.3, -0.25) is 23.2 Å². The average Bonchev–Trinajstić information content (AvgIpc) is 3.61. The van der Waals surface area contributed by atoms with Crippen molar-refractivity contribution in [2.45, 2.75) is 250 Å². The van der Waals surface area contributed by atoms with Crippen LogP contribution in [0.2, 0.25) is 0 Å². The van der Waals surface area contributed by atoms with Crippen molar-refractivity contribution < 1.29 is 76.5 Å². The number of carbonyl (C=O) groups excluding carboxylic acids is 2. The minimum absolute atomic E-state index is 0.0454. The molecule has 8 N–H and O–H groups in total. The van der Waals surface area contributed by atoms with Crippen LogP contribution in [0.15, 0.2) is 29.2 Å². The van der Waals surface area contributed by atoms with Crippen LogP contribution in [0.3, 0.4) is 0 Å². The van der Waals surface area contributed by atoms with Crippen molar-refractivity contribution in [1.29, 1.82) is 0 Å². The molecule has 0 amide bonds. The van der Waals surface area contributed by atoms with E-state index in [1.54, 1.807) is 0 Å². The number of nitrogens with zero attached hydrogens (tertiary/aromatic N) is 2. The molecule has 22 heteroatoms. The molecule has 20 nitrogen and oxygen atoms in total. The number of nitrogens with two attached hydrogens (primary N) is 1. The van der Waals surface area contributed by atoms with Crippen LogP contribution < -0.4 is 11.4 Å². The van der Waals surface area contributed by atoms with Crippen LogP contribution in [-0.2, 0) is 46.3 Å². The first-order chi connectivity index (χ1) is 34.8. The van der Waals surface area contributed by atoms with Crippen LogP contribution in [0.1, 0.15) is 213 Å². The first-order valence-corrected chi connectivity index (χ1v) is 30.2. The smallest absolute Gasteiger partial charge is 0.462 e. The van der Waals surface area contributed by atoms with E-state index in [0.717, 1.165) is 80.9 Å². The van der Waals surface area contributed by atoms with Gasteiger partial charge in [0.15, 0.2) is 12.3 Å². The lowest BCUT2D eigenvalue weighted by atomic mass is 10.0. The van der Waals surface area contributed by atoms with Gasteiger partial charge in [-0.25, -0.2) is 13.9 Å². The van der Waals surface area contributed by atoms with E-state index in [9.17, 15) is 53.7 Å². The third kappa shape index (κ3) is 31.9. The topological polar surface area (TPSA) is 306 Å². The molecular weight excluding hydrogens is 989 g/mol. The summed E-state index contributed by atoms with van der Waals surface area (Å²) in [6, 6.07) is 1.24. The van der Waals surface area contributed by atoms with Gasteiger partial charge in [-0.1, -0.05) is 168 Å². The number of rotatable bonds is 45. The monoisotopic (exact) mass is 1080 g/mol. The van der Waals surface area contributed by atoms with Gasteiger partial charge in [-0.05, 0) is 50.5 Å². The number of aromatic nitrogens is 2. The summed E-state index contributed by atoms with van der Waals surface area (Å²) in [4.78, 5) is 62.0. The summed E-state index contributed by atoms with van der Waals surface area (Å²) in [7, 11) is -10.9. The molecule has 0 bridgehead atoms. The van der Waals surface area contributed by atoms with E-state index < -0.39 is 95.9 Å². The first kappa shape index (κ1) is 66.5. The van der Waals surface area contributed by atoms with Crippen LogP contribution in [0.25, 0.3) is 0 Å². The summed E-state index contributed by atoms with van der Waals surface area (Å²) < 4.78 is 56.8. The number of phosphoric acid groups is 2. The summed E-state index contributed by atoms with van der Waals surface area (Å²) in [6.07, 6.45) is 23.0. The predicted octanol–water partition coefficient (Wildman–Crippen LogP) is 9.42. The first-order valence-electron chi connectivity index (χ1n) is 27.2. The quantitative estimate of drug-likeness (QED) is 0.0138. The van der Waals surface area contributed by atoms with E-state index >= 15 is 0 Å². The van der Waals surface area contributed by atoms with E-state index in [2.05, 4.69) is 30.1 Å². The molecule has 2 unspecified atom stereocenters. The Bertz CT molecular complexity index is 1820. The number of hydrogen-bond donors (Lipinski definition) is 7. The molecule has 0 saturated carbocycles. The summed E-state index contributed by atoms with van der Waals surface area (Å²) in [5.41, 5.74) is 4.58. The highest BCUT2D eigenvalue weighted by molar-refractivity contribution is 7.61. The molecule has 73 heavy (non-hydrogen) atoms. The Morgan fingerprint density at radius 2 is 1.26 bits per heavy atom. The Kier molecular flexibility index (Phi) is 35.4. The maximum atomic E-state index is 12.9. The third-order valence-electron chi connectivity index (χ3n) is 12.7. The molecule has 1 saturated heterocycles. The summed E-state index contributed by atoms with van der Waals surface area (Å²) >= 11 is 0. The zero-order valence-electron chi connectivity index (χ0n) is 44.1. The molecule has 2 rings (SSSR count). The van der Waals surface area contributed by atoms with Crippen LogP contribution in [0.4, 0.5) is 5.82 Å². The van der Waals surface area contributed by atoms with Gasteiger partial charge in [0.2, 0.25) is 0 Å². The molecule has 1 aromatic heterocycles. The van der Waals surface area contributed by atoms with Crippen LogP contribution in [0, 0.1) is 5.92 Å². The number of esters is 2. The number of allylic oxidation sites excluding steroid dienone is 1. The molecule has 0 radical (unpaired) electrons. The van der Waals surface area contributed by atoms with Crippen molar-refractivity contribution in [3.8, 4) is 0 Å². The molecule has 1 fully saturated rings. The van der Waals surface area contributed by atoms with Gasteiger partial charge >= 0.3 is 33.3 Å². The molecule has 2 heterocycles. The second kappa shape index (κ2) is 38.9. The molecule has 424 valence electrons. The van der Waals surface area contributed by atoms with Gasteiger partial charge in [0.1, 0.15) is 30.7 Å². The molecule has 1 aliphatic rings. The highest BCUT2D eigenvalue weighted by atomic mass is 31.3. The molecule has 0 spiro atoms. The minimum Gasteiger partial charge on any atom is -0.462 e.